The summed E-state index contributed by atoms with van der Waals surface area (Å²) in [5, 5.41) is 2.88. The molecule has 6 nitrogen and oxygen atoms in total. The van der Waals surface area contributed by atoms with Gasteiger partial charge >= 0.3 is 0 Å². The Bertz CT molecular complexity index is 778. The van der Waals surface area contributed by atoms with Crippen molar-refractivity contribution in [3.8, 4) is 0 Å². The molecular formula is C24H41N3O3S. The molecule has 0 aromatic heterocycles. The van der Waals surface area contributed by atoms with Gasteiger partial charge in [0.25, 0.3) is 0 Å². The van der Waals surface area contributed by atoms with Gasteiger partial charge in [-0.3, -0.25) is 4.79 Å². The summed E-state index contributed by atoms with van der Waals surface area (Å²) in [7, 11) is -3.22. The first-order chi connectivity index (χ1) is 14.8. The van der Waals surface area contributed by atoms with Crippen LogP contribution >= 0.6 is 0 Å². The van der Waals surface area contributed by atoms with Crippen LogP contribution in [0.4, 0.5) is 0 Å². The molecule has 0 spiro atoms. The Kier molecular flexibility index (Phi) is 10.5. The molecule has 0 bridgehead atoms. The van der Waals surface area contributed by atoms with Crippen molar-refractivity contribution in [3.63, 3.8) is 0 Å². The Labute approximate surface area is 189 Å². The van der Waals surface area contributed by atoms with Crippen molar-refractivity contribution in [2.75, 3.05) is 39.3 Å². The zero-order valence-corrected chi connectivity index (χ0v) is 20.6. The minimum Gasteiger partial charge on any atom is -0.341 e. The number of hydrogen-bond acceptors (Lipinski definition) is 5. The van der Waals surface area contributed by atoms with Crippen molar-refractivity contribution < 1.29 is 13.2 Å². The van der Waals surface area contributed by atoms with Gasteiger partial charge in [-0.05, 0) is 77.2 Å². The number of unbranched alkanes of at least 4 members (excludes halogenated alkanes) is 1. The van der Waals surface area contributed by atoms with Gasteiger partial charge in [-0.15, -0.1) is 0 Å². The van der Waals surface area contributed by atoms with Crippen LogP contribution in [0, 0.1) is 0 Å². The summed E-state index contributed by atoms with van der Waals surface area (Å²) >= 11 is 0. The van der Waals surface area contributed by atoms with Gasteiger partial charge < -0.3 is 15.1 Å². The molecule has 1 N–H and O–H groups in total. The summed E-state index contributed by atoms with van der Waals surface area (Å²) in [6.07, 6.45) is 4.72. The molecule has 2 rings (SSSR count). The second-order valence-electron chi connectivity index (χ2n) is 8.91. The van der Waals surface area contributed by atoms with E-state index in [-0.39, 0.29) is 5.91 Å². The van der Waals surface area contributed by atoms with E-state index in [9.17, 15) is 13.2 Å². The van der Waals surface area contributed by atoms with Crippen LogP contribution in [-0.4, -0.2) is 74.7 Å². The van der Waals surface area contributed by atoms with Crippen LogP contribution in [0.5, 0.6) is 0 Å². The Morgan fingerprint density at radius 2 is 1.77 bits per heavy atom. The third-order valence-corrected chi connectivity index (χ3v) is 8.26. The van der Waals surface area contributed by atoms with Crippen LogP contribution in [-0.2, 0) is 21.1 Å². The van der Waals surface area contributed by atoms with Crippen molar-refractivity contribution >= 4 is 15.7 Å². The minimum absolute atomic E-state index is 0.270. The largest absolute Gasteiger partial charge is 0.341 e. The van der Waals surface area contributed by atoms with Gasteiger partial charge in [0, 0.05) is 38.6 Å². The van der Waals surface area contributed by atoms with Crippen molar-refractivity contribution in [2.45, 2.75) is 76.0 Å². The lowest BCUT2D eigenvalue weighted by Crippen LogP contribution is -2.37. The zero-order valence-electron chi connectivity index (χ0n) is 19.8. The SMILES string of the molecule is CCCN(CCCCN1CCNCCC1=O)C(C)Cc1ccc(S(=O)(=O)C(C)C)cc1. The lowest BCUT2D eigenvalue weighted by atomic mass is 10.1. The van der Waals surface area contributed by atoms with Crippen LogP contribution in [0.1, 0.15) is 58.9 Å². The Hall–Kier alpha value is -1.44. The summed E-state index contributed by atoms with van der Waals surface area (Å²) in [6, 6.07) is 7.78. The predicted molar refractivity (Wildman–Crippen MR) is 127 cm³/mol. The summed E-state index contributed by atoms with van der Waals surface area (Å²) in [5.41, 5.74) is 1.17. The van der Waals surface area contributed by atoms with Crippen molar-refractivity contribution in [1.29, 1.82) is 0 Å². The van der Waals surface area contributed by atoms with E-state index in [4.69, 9.17) is 0 Å². The number of carbonyl (C=O) groups excluding carboxylic acids is 1. The third kappa shape index (κ3) is 7.88. The fourth-order valence-corrected chi connectivity index (χ4v) is 5.13. The van der Waals surface area contributed by atoms with E-state index in [1.54, 1.807) is 26.0 Å². The second-order valence-corrected chi connectivity index (χ2v) is 11.4. The molecule has 1 aromatic rings. The van der Waals surface area contributed by atoms with Crippen LogP contribution in [0.15, 0.2) is 29.2 Å². The Morgan fingerprint density at radius 3 is 2.42 bits per heavy atom. The number of hydrogen-bond donors (Lipinski definition) is 1. The normalized spacial score (nSPS) is 16.7. The van der Waals surface area contributed by atoms with Crippen molar-refractivity contribution in [2.24, 2.45) is 0 Å². The maximum Gasteiger partial charge on any atom is 0.223 e. The van der Waals surface area contributed by atoms with E-state index >= 15 is 0 Å². The Morgan fingerprint density at radius 1 is 1.06 bits per heavy atom. The molecule has 31 heavy (non-hydrogen) atoms. The molecule has 176 valence electrons. The van der Waals surface area contributed by atoms with Gasteiger partial charge in [-0.25, -0.2) is 8.42 Å². The van der Waals surface area contributed by atoms with Crippen LogP contribution in [0.25, 0.3) is 0 Å². The highest BCUT2D eigenvalue weighted by molar-refractivity contribution is 7.92. The summed E-state index contributed by atoms with van der Waals surface area (Å²) in [4.78, 5) is 17.0. The molecule has 1 amide bonds. The molecule has 1 unspecified atom stereocenters. The maximum atomic E-state index is 12.3. The molecule has 1 aromatic carbocycles. The van der Waals surface area contributed by atoms with E-state index < -0.39 is 15.1 Å². The van der Waals surface area contributed by atoms with Gasteiger partial charge in [-0.2, -0.15) is 0 Å². The van der Waals surface area contributed by atoms with Crippen LogP contribution in [0.2, 0.25) is 0 Å². The molecule has 0 saturated carbocycles. The number of rotatable bonds is 12. The first-order valence-electron chi connectivity index (χ1n) is 11.8. The van der Waals surface area contributed by atoms with Crippen LogP contribution < -0.4 is 5.32 Å². The average Bonchev–Trinajstić information content (AvgIpc) is 2.94. The lowest BCUT2D eigenvalue weighted by molar-refractivity contribution is -0.130. The van der Waals surface area contributed by atoms with Crippen molar-refractivity contribution in [3.05, 3.63) is 29.8 Å². The molecule has 1 aliphatic rings. The van der Waals surface area contributed by atoms with E-state index in [1.165, 1.54) is 5.56 Å². The highest BCUT2D eigenvalue weighted by Crippen LogP contribution is 2.18. The molecule has 1 heterocycles. The summed E-state index contributed by atoms with van der Waals surface area (Å²) in [5.74, 6) is 0.270. The number of benzene rings is 1. The number of nitrogens with zero attached hydrogens (tertiary/aromatic N) is 2. The summed E-state index contributed by atoms with van der Waals surface area (Å²) < 4.78 is 24.6. The fourth-order valence-electron chi connectivity index (χ4n) is 4.07. The first-order valence-corrected chi connectivity index (χ1v) is 13.4. The summed E-state index contributed by atoms with van der Waals surface area (Å²) in [6.45, 7) is 13.3. The van der Waals surface area contributed by atoms with Gasteiger partial charge in [0.2, 0.25) is 5.91 Å². The van der Waals surface area contributed by atoms with E-state index in [1.807, 2.05) is 17.0 Å². The van der Waals surface area contributed by atoms with Gasteiger partial charge in [0.15, 0.2) is 9.84 Å². The standard InChI is InChI=1S/C24H41N3O3S/c1-5-15-26(16-6-7-17-27-18-14-25-13-12-24(27)28)21(4)19-22-8-10-23(11-9-22)31(29,30)20(2)3/h8-11,20-21,25H,5-7,12-19H2,1-4H3. The molecule has 1 aliphatic heterocycles. The quantitative estimate of drug-likeness (QED) is 0.495. The highest BCUT2D eigenvalue weighted by atomic mass is 32.2. The van der Waals surface area contributed by atoms with E-state index in [0.717, 1.165) is 65.0 Å². The first kappa shape index (κ1) is 25.8. The molecule has 7 heteroatoms. The van der Waals surface area contributed by atoms with Crippen LogP contribution in [0.3, 0.4) is 0 Å². The van der Waals surface area contributed by atoms with Crippen molar-refractivity contribution in [1.82, 2.24) is 15.1 Å². The molecule has 0 aliphatic carbocycles. The van der Waals surface area contributed by atoms with Gasteiger partial charge in [0.05, 0.1) is 10.1 Å². The van der Waals surface area contributed by atoms with Gasteiger partial charge in [-0.1, -0.05) is 19.1 Å². The number of sulfone groups is 1. The number of amides is 1. The molecule has 1 fully saturated rings. The Balaban J connectivity index is 1.85. The maximum absolute atomic E-state index is 12.3. The lowest BCUT2D eigenvalue weighted by Gasteiger charge is -2.29. The molecule has 1 saturated heterocycles. The average molecular weight is 452 g/mol. The monoisotopic (exact) mass is 451 g/mol. The topological polar surface area (TPSA) is 69.7 Å². The van der Waals surface area contributed by atoms with E-state index in [0.29, 0.717) is 17.4 Å². The fraction of sp³-hybridized carbons (Fsp3) is 0.708. The second kappa shape index (κ2) is 12.6. The smallest absolute Gasteiger partial charge is 0.223 e. The zero-order chi connectivity index (χ0) is 22.9. The van der Waals surface area contributed by atoms with E-state index in [2.05, 4.69) is 24.1 Å². The number of carbonyl (C=O) groups is 1. The van der Waals surface area contributed by atoms with Gasteiger partial charge in [0.1, 0.15) is 0 Å². The third-order valence-electron chi connectivity index (χ3n) is 6.09. The minimum atomic E-state index is -3.22. The molecular weight excluding hydrogens is 410 g/mol. The highest BCUT2D eigenvalue weighted by Gasteiger charge is 2.20. The molecule has 1 atom stereocenters. The predicted octanol–water partition coefficient (Wildman–Crippen LogP) is 3.11. The number of nitrogens with one attached hydrogen (secondary N) is 1. The molecule has 0 radical (unpaired) electrons.